The average molecular weight is 73.2 g/mol. The van der Waals surface area contributed by atoms with Gasteiger partial charge in [-0.1, -0.05) is 13.8 Å². The molecule has 0 aliphatic heterocycles. The van der Waals surface area contributed by atoms with Crippen LogP contribution in [0.5, 0.6) is 0 Å². The van der Waals surface area contributed by atoms with Gasteiger partial charge >= 0.3 is 0 Å². The van der Waals surface area contributed by atoms with E-state index in [2.05, 4.69) is 12.3 Å². The van der Waals surface area contributed by atoms with Gasteiger partial charge in [0.25, 0.3) is 0 Å². The van der Waals surface area contributed by atoms with E-state index in [0.717, 1.165) is 0 Å². The maximum absolute atomic E-state index is 4.60. The second-order valence-corrected chi connectivity index (χ2v) is 0.289. The molecule has 0 aromatic rings. The quantitative estimate of drug-likeness (QED) is 0.384. The highest BCUT2D eigenvalue weighted by Gasteiger charge is 1.09. The van der Waals surface area contributed by atoms with E-state index >= 15 is 0 Å². The molecule has 0 rings (SSSR count). The lowest BCUT2D eigenvalue weighted by molar-refractivity contribution is 1.50. The Labute approximate surface area is 35.7 Å². The Hall–Kier alpha value is -0.440. The Kier molecular flexibility index (Phi) is 131. The molecule has 0 aliphatic carbocycles. The van der Waals surface area contributed by atoms with Crippen molar-refractivity contribution in [3.05, 3.63) is 0 Å². The smallest absolute Gasteiger partial charge is 0 e. The summed E-state index contributed by atoms with van der Waals surface area (Å²) in [5.41, 5.74) is 0. The Morgan fingerprint density at radius 1 is 1.60 bits per heavy atom. The molecule has 0 unspecified atom stereocenters. The van der Waals surface area contributed by atoms with E-state index < -0.39 is 0 Å². The van der Waals surface area contributed by atoms with Crippen molar-refractivity contribution in [2.75, 3.05) is 0 Å². The number of hydrogen-bond acceptors (Lipinski definition) is 0. The van der Waals surface area contributed by atoms with Crippen LogP contribution in [0.3, 0.4) is 0 Å². The third kappa shape index (κ3) is 44.8. The average Bonchev–Trinajstić information content (AvgIpc) is 1.46. The largest absolute Gasteiger partial charge is 0.120 e. The van der Waals surface area contributed by atoms with Gasteiger partial charge in [-0.2, -0.15) is 0 Å². The molecule has 0 saturated heterocycles. The molecule has 0 nitrogen and oxygen atoms in total. The van der Waals surface area contributed by atoms with Crippen molar-refractivity contribution >= 4 is 0 Å². The second kappa shape index (κ2) is 74.4. The number of hydrogen-bond donors (Lipinski definition) is 0. The highest BCUT2D eigenvalue weighted by molar-refractivity contribution is 4.73. The van der Waals surface area contributed by atoms with Crippen molar-refractivity contribution < 1.29 is 1.43 Å². The molecule has 0 radical (unpaired) electrons. The molecule has 0 heterocycles. The zero-order chi connectivity index (χ0) is 4.71. The molecule has 0 heteroatoms. The molecule has 0 atom stereocenters. The molecule has 0 amide bonds. The van der Waals surface area contributed by atoms with Gasteiger partial charge in [0.15, 0.2) is 0 Å². The molecule has 0 fully saturated rings. The van der Waals surface area contributed by atoms with Gasteiger partial charge in [-0.25, -0.2) is 0 Å². The van der Waals surface area contributed by atoms with Crippen LogP contribution in [-0.4, -0.2) is 0 Å². The summed E-state index contributed by atoms with van der Waals surface area (Å²) in [5, 5.41) is 0. The fourth-order valence-corrected chi connectivity index (χ4v) is 0. The minimum Gasteiger partial charge on any atom is -0.120 e. The molecule has 5 heavy (non-hydrogen) atoms. The Bertz CT molecular complexity index is 25.4. The molecule has 0 aliphatic rings. The van der Waals surface area contributed by atoms with Crippen LogP contribution in [-0.2, 0) is 0 Å². The fraction of sp³-hybridized carbons (Fsp3) is 0.600. The van der Waals surface area contributed by atoms with E-state index in [4.69, 9.17) is 0 Å². The van der Waals surface area contributed by atoms with Gasteiger partial charge in [0.2, 0.25) is 0 Å². The van der Waals surface area contributed by atoms with Crippen LogP contribution in [0.2, 0.25) is 0 Å². The van der Waals surface area contributed by atoms with Gasteiger partial charge in [0, 0.05) is 1.43 Å². The van der Waals surface area contributed by atoms with E-state index in [1.807, 2.05) is 13.8 Å². The van der Waals surface area contributed by atoms with E-state index in [9.17, 15) is 0 Å². The van der Waals surface area contributed by atoms with Crippen molar-refractivity contribution in [1.82, 2.24) is 0 Å². The maximum atomic E-state index is 4.60. The van der Waals surface area contributed by atoms with Gasteiger partial charge in [0.1, 0.15) is 0 Å². The lowest BCUT2D eigenvalue weighted by atomic mass is 10.9. The predicted molar refractivity (Wildman–Crippen MR) is 28.0 cm³/mol. The Balaban J connectivity index is -0.0000000275. The summed E-state index contributed by atoms with van der Waals surface area (Å²) < 4.78 is 0. The van der Waals surface area contributed by atoms with E-state index in [1.54, 1.807) is 6.92 Å². The first kappa shape index (κ1) is 8.82. The van der Waals surface area contributed by atoms with Crippen molar-refractivity contribution in [3.63, 3.8) is 0 Å². The third-order valence-electron chi connectivity index (χ3n) is 0. The summed E-state index contributed by atoms with van der Waals surface area (Å²) in [6, 6.07) is 0. The molecule has 0 bridgehead atoms. The van der Waals surface area contributed by atoms with Crippen molar-refractivity contribution in [1.29, 1.82) is 0 Å². The topological polar surface area (TPSA) is 0 Å². The highest BCUT2D eigenvalue weighted by Crippen LogP contribution is 1.21. The first-order chi connectivity index (χ1) is 2.41. The van der Waals surface area contributed by atoms with Gasteiger partial charge in [-0.3, -0.25) is 0 Å². The third-order valence-corrected chi connectivity index (χ3v) is 0. The molecule has 0 N–H and O–H groups in total. The Morgan fingerprint density at radius 3 is 1.60 bits per heavy atom. The Morgan fingerprint density at radius 2 is 1.60 bits per heavy atom. The number of terminal acetylenes is 1. The summed E-state index contributed by atoms with van der Waals surface area (Å²) in [4.78, 5) is 0. The van der Waals surface area contributed by atoms with Crippen LogP contribution in [0.15, 0.2) is 0 Å². The van der Waals surface area contributed by atoms with Crippen molar-refractivity contribution in [2.24, 2.45) is 0 Å². The molecule has 0 saturated carbocycles. The summed E-state index contributed by atoms with van der Waals surface area (Å²) in [6.45, 7) is 5.65. The SMILES string of the molecule is C#CC.CC.[2HH]. The summed E-state index contributed by atoms with van der Waals surface area (Å²) in [7, 11) is 0. The van der Waals surface area contributed by atoms with E-state index in [0.29, 0.717) is 0 Å². The molecule has 0 aromatic heterocycles. The van der Waals surface area contributed by atoms with Crippen LogP contribution >= 0.6 is 0 Å². The van der Waals surface area contributed by atoms with Crippen LogP contribution in [0.25, 0.3) is 0 Å². The van der Waals surface area contributed by atoms with Crippen LogP contribution in [0, 0.1) is 12.3 Å². The van der Waals surface area contributed by atoms with Gasteiger partial charge in [-0.05, 0) is 6.92 Å². The van der Waals surface area contributed by atoms with E-state index in [1.165, 1.54) is 0 Å². The minimum absolute atomic E-state index is 0. The lowest BCUT2D eigenvalue weighted by Gasteiger charge is -1.23. The maximum Gasteiger partial charge on any atom is 0 e. The number of rotatable bonds is 0. The van der Waals surface area contributed by atoms with E-state index in [-0.39, 0.29) is 1.43 Å². The monoisotopic (exact) mass is 73.1 g/mol. The molecule has 32 valence electrons. The van der Waals surface area contributed by atoms with Crippen molar-refractivity contribution in [3.8, 4) is 12.3 Å². The van der Waals surface area contributed by atoms with Crippen LogP contribution < -0.4 is 0 Å². The molecule has 0 spiro atoms. The summed E-state index contributed by atoms with van der Waals surface area (Å²) in [5.74, 6) is 2.25. The van der Waals surface area contributed by atoms with Gasteiger partial charge < -0.3 is 0 Å². The lowest BCUT2D eigenvalue weighted by Crippen LogP contribution is -1.10. The molecule has 0 aromatic carbocycles. The van der Waals surface area contributed by atoms with Crippen LogP contribution in [0.4, 0.5) is 0 Å². The highest BCUT2D eigenvalue weighted by atomic mass is 13.2. The van der Waals surface area contributed by atoms with Crippen molar-refractivity contribution in [2.45, 2.75) is 20.8 Å². The first-order valence-electron chi connectivity index (χ1n) is 1.79. The minimum atomic E-state index is 0. The second-order valence-electron chi connectivity index (χ2n) is 0.289. The summed E-state index contributed by atoms with van der Waals surface area (Å²) in [6.07, 6.45) is 4.60. The zero-order valence-electron chi connectivity index (χ0n) is 4.08. The normalized spacial score (nSPS) is 2.80. The fourth-order valence-electron chi connectivity index (χ4n) is 0. The predicted octanol–water partition coefficient (Wildman–Crippen LogP) is 1.91. The summed E-state index contributed by atoms with van der Waals surface area (Å²) >= 11 is 0. The standard InChI is InChI=1S/C3H4.C2H6.H2/c1-3-2;1-2;/h1H,2H3;1-2H3;1H/i;;1+1. The van der Waals surface area contributed by atoms with Crippen LogP contribution in [0.1, 0.15) is 22.2 Å². The van der Waals surface area contributed by atoms with Gasteiger partial charge in [0.05, 0.1) is 0 Å². The zero-order valence-corrected chi connectivity index (χ0v) is 4.08. The van der Waals surface area contributed by atoms with Gasteiger partial charge in [-0.15, -0.1) is 12.3 Å². The first-order valence-corrected chi connectivity index (χ1v) is 1.79. The molecular formula is C5H12. The molecular weight excluding hydrogens is 60.1 g/mol.